The van der Waals surface area contributed by atoms with Crippen LogP contribution in [0.3, 0.4) is 0 Å². The zero-order valence-corrected chi connectivity index (χ0v) is 14.4. The van der Waals surface area contributed by atoms with Crippen molar-refractivity contribution < 1.29 is 19.4 Å². The summed E-state index contributed by atoms with van der Waals surface area (Å²) >= 11 is 0. The third kappa shape index (κ3) is 5.53. The van der Waals surface area contributed by atoms with Crippen LogP contribution in [0.15, 0.2) is 47.6 Å². The predicted molar refractivity (Wildman–Crippen MR) is 96.6 cm³/mol. The number of nitrogens with one attached hydrogen (secondary N) is 1. The Morgan fingerprint density at radius 2 is 1.92 bits per heavy atom. The van der Waals surface area contributed by atoms with Gasteiger partial charge in [-0.25, -0.2) is 5.43 Å². The molecule has 2 N–H and O–H groups in total. The lowest BCUT2D eigenvalue weighted by Gasteiger charge is -2.06. The Kier molecular flexibility index (Phi) is 6.83. The van der Waals surface area contributed by atoms with Gasteiger partial charge in [0.1, 0.15) is 5.75 Å². The maximum Gasteiger partial charge on any atom is 0.271 e. The van der Waals surface area contributed by atoms with Crippen LogP contribution in [0, 0.1) is 0 Å². The minimum Gasteiger partial charge on any atom is -0.504 e. The van der Waals surface area contributed by atoms with Crippen LogP contribution in [0.2, 0.25) is 0 Å². The molecule has 2 aromatic rings. The first-order chi connectivity index (χ1) is 12.1. The van der Waals surface area contributed by atoms with Crippen molar-refractivity contribution in [3.63, 3.8) is 0 Å². The second-order valence-corrected chi connectivity index (χ2v) is 5.23. The standard InChI is InChI=1S/C19H22N2O4/c1-3-11-25-16-8-6-15(7-9-16)19(23)21-20-13-14-5-10-17(22)18(12-14)24-4-2/h5-10,12-13,22H,3-4,11H2,1-2H3,(H,21,23)/b20-13+. The van der Waals surface area contributed by atoms with Crippen LogP contribution in [-0.2, 0) is 0 Å². The van der Waals surface area contributed by atoms with E-state index in [1.807, 2.05) is 13.8 Å². The van der Waals surface area contributed by atoms with Crippen molar-refractivity contribution in [3.05, 3.63) is 53.6 Å². The van der Waals surface area contributed by atoms with Crippen LogP contribution >= 0.6 is 0 Å². The minimum atomic E-state index is -0.317. The Hall–Kier alpha value is -3.02. The highest BCUT2D eigenvalue weighted by Gasteiger charge is 2.05. The van der Waals surface area contributed by atoms with Crippen LogP contribution in [-0.4, -0.2) is 30.4 Å². The molecule has 0 radical (unpaired) electrons. The van der Waals surface area contributed by atoms with Crippen molar-refractivity contribution >= 4 is 12.1 Å². The number of carbonyl (C=O) groups is 1. The lowest BCUT2D eigenvalue weighted by atomic mass is 10.2. The zero-order chi connectivity index (χ0) is 18.1. The second kappa shape index (κ2) is 9.32. The van der Waals surface area contributed by atoms with Gasteiger partial charge in [0.05, 0.1) is 19.4 Å². The van der Waals surface area contributed by atoms with Gasteiger partial charge in [-0.15, -0.1) is 0 Å². The number of hydrogen-bond donors (Lipinski definition) is 2. The topological polar surface area (TPSA) is 80.2 Å². The molecule has 0 atom stereocenters. The monoisotopic (exact) mass is 342 g/mol. The van der Waals surface area contributed by atoms with Gasteiger partial charge in [0.25, 0.3) is 5.91 Å². The number of phenols is 1. The smallest absolute Gasteiger partial charge is 0.271 e. The second-order valence-electron chi connectivity index (χ2n) is 5.23. The van der Waals surface area contributed by atoms with Crippen LogP contribution in [0.5, 0.6) is 17.2 Å². The summed E-state index contributed by atoms with van der Waals surface area (Å²) in [5.41, 5.74) is 3.65. The molecular formula is C19H22N2O4. The number of amides is 1. The third-order valence-electron chi connectivity index (χ3n) is 3.25. The molecule has 0 unspecified atom stereocenters. The highest BCUT2D eigenvalue weighted by atomic mass is 16.5. The highest BCUT2D eigenvalue weighted by molar-refractivity contribution is 5.95. The molecule has 0 spiro atoms. The third-order valence-corrected chi connectivity index (χ3v) is 3.25. The van der Waals surface area contributed by atoms with Gasteiger partial charge in [-0.05, 0) is 61.4 Å². The molecule has 6 heteroatoms. The van der Waals surface area contributed by atoms with Gasteiger partial charge in [-0.3, -0.25) is 4.79 Å². The molecule has 132 valence electrons. The van der Waals surface area contributed by atoms with E-state index in [2.05, 4.69) is 10.5 Å². The van der Waals surface area contributed by atoms with E-state index in [9.17, 15) is 9.90 Å². The van der Waals surface area contributed by atoms with E-state index >= 15 is 0 Å². The SMILES string of the molecule is CCCOc1ccc(C(=O)N/N=C/c2ccc(O)c(OCC)c2)cc1. The van der Waals surface area contributed by atoms with Gasteiger partial charge in [0, 0.05) is 5.56 Å². The lowest BCUT2D eigenvalue weighted by Crippen LogP contribution is -2.17. The molecule has 2 aromatic carbocycles. The number of hydrazone groups is 1. The van der Waals surface area contributed by atoms with Crippen molar-refractivity contribution in [1.29, 1.82) is 0 Å². The van der Waals surface area contributed by atoms with Gasteiger partial charge in [0.2, 0.25) is 0 Å². The van der Waals surface area contributed by atoms with Crippen LogP contribution in [0.4, 0.5) is 0 Å². The van der Waals surface area contributed by atoms with Gasteiger partial charge >= 0.3 is 0 Å². The summed E-state index contributed by atoms with van der Waals surface area (Å²) in [6.45, 7) is 4.96. The average Bonchev–Trinajstić information content (AvgIpc) is 2.63. The number of hydrogen-bond acceptors (Lipinski definition) is 5. The first kappa shape index (κ1) is 18.3. The molecule has 6 nitrogen and oxygen atoms in total. The Morgan fingerprint density at radius 1 is 1.16 bits per heavy atom. The molecule has 25 heavy (non-hydrogen) atoms. The molecule has 0 aliphatic heterocycles. The molecule has 0 aromatic heterocycles. The molecule has 0 saturated carbocycles. The summed E-state index contributed by atoms with van der Waals surface area (Å²) in [5.74, 6) is 0.852. The molecule has 1 amide bonds. The highest BCUT2D eigenvalue weighted by Crippen LogP contribution is 2.26. The lowest BCUT2D eigenvalue weighted by molar-refractivity contribution is 0.0955. The maximum atomic E-state index is 12.1. The molecular weight excluding hydrogens is 320 g/mol. The summed E-state index contributed by atoms with van der Waals surface area (Å²) in [4.78, 5) is 12.1. The van der Waals surface area contributed by atoms with Crippen molar-refractivity contribution in [1.82, 2.24) is 5.43 Å². The van der Waals surface area contributed by atoms with Crippen LogP contribution in [0.1, 0.15) is 36.2 Å². The fourth-order valence-corrected chi connectivity index (χ4v) is 2.03. The zero-order valence-electron chi connectivity index (χ0n) is 14.4. The molecule has 0 aliphatic rings. The molecule has 0 heterocycles. The van der Waals surface area contributed by atoms with Crippen molar-refractivity contribution in [2.45, 2.75) is 20.3 Å². The Balaban J connectivity index is 1.95. The number of ether oxygens (including phenoxy) is 2. The Labute approximate surface area is 147 Å². The van der Waals surface area contributed by atoms with Crippen molar-refractivity contribution in [3.8, 4) is 17.2 Å². The molecule has 0 aliphatic carbocycles. The van der Waals surface area contributed by atoms with Crippen LogP contribution < -0.4 is 14.9 Å². The Bertz CT molecular complexity index is 727. The summed E-state index contributed by atoms with van der Waals surface area (Å²) in [7, 11) is 0. The molecule has 2 rings (SSSR count). The first-order valence-corrected chi connectivity index (χ1v) is 8.16. The number of aromatic hydroxyl groups is 1. The van der Waals surface area contributed by atoms with E-state index in [4.69, 9.17) is 9.47 Å². The molecule has 0 saturated heterocycles. The summed E-state index contributed by atoms with van der Waals surface area (Å²) in [6, 6.07) is 11.7. The van der Waals surface area contributed by atoms with Gasteiger partial charge in [0.15, 0.2) is 11.5 Å². The number of benzene rings is 2. The van der Waals surface area contributed by atoms with Crippen molar-refractivity contribution in [2.75, 3.05) is 13.2 Å². The van der Waals surface area contributed by atoms with E-state index in [1.165, 1.54) is 12.3 Å². The van der Waals surface area contributed by atoms with E-state index in [0.717, 1.165) is 12.2 Å². The van der Waals surface area contributed by atoms with E-state index in [-0.39, 0.29) is 11.7 Å². The fraction of sp³-hybridized carbons (Fsp3) is 0.263. The van der Waals surface area contributed by atoms with E-state index in [1.54, 1.807) is 36.4 Å². The Morgan fingerprint density at radius 3 is 2.60 bits per heavy atom. The maximum absolute atomic E-state index is 12.1. The predicted octanol–water partition coefficient (Wildman–Crippen LogP) is 3.34. The summed E-state index contributed by atoms with van der Waals surface area (Å²) in [6.07, 6.45) is 2.41. The number of phenolic OH excluding ortho intramolecular Hbond substituents is 1. The quantitative estimate of drug-likeness (QED) is 0.569. The van der Waals surface area contributed by atoms with E-state index in [0.29, 0.717) is 30.1 Å². The first-order valence-electron chi connectivity index (χ1n) is 8.16. The van der Waals surface area contributed by atoms with Crippen molar-refractivity contribution in [2.24, 2.45) is 5.10 Å². The van der Waals surface area contributed by atoms with E-state index < -0.39 is 0 Å². The van der Waals surface area contributed by atoms with Gasteiger partial charge in [-0.1, -0.05) is 6.92 Å². The number of nitrogens with zero attached hydrogens (tertiary/aromatic N) is 1. The number of carbonyl (C=O) groups excluding carboxylic acids is 1. The number of rotatable bonds is 8. The largest absolute Gasteiger partial charge is 0.504 e. The summed E-state index contributed by atoms with van der Waals surface area (Å²) in [5, 5.41) is 13.6. The normalized spacial score (nSPS) is 10.6. The average molecular weight is 342 g/mol. The molecule has 0 fully saturated rings. The van der Waals surface area contributed by atoms with Crippen LogP contribution in [0.25, 0.3) is 0 Å². The molecule has 0 bridgehead atoms. The van der Waals surface area contributed by atoms with Gasteiger partial charge in [-0.2, -0.15) is 5.10 Å². The fourth-order valence-electron chi connectivity index (χ4n) is 2.03. The van der Waals surface area contributed by atoms with Gasteiger partial charge < -0.3 is 14.6 Å². The minimum absolute atomic E-state index is 0.0633. The summed E-state index contributed by atoms with van der Waals surface area (Å²) < 4.78 is 10.8.